The Morgan fingerprint density at radius 1 is 1.47 bits per heavy atom. The minimum absolute atomic E-state index is 0.163. The maximum atomic E-state index is 10.9. The van der Waals surface area contributed by atoms with Gasteiger partial charge >= 0.3 is 0 Å². The number of nitrogen functional groups attached to an aromatic ring is 1. The highest BCUT2D eigenvalue weighted by Gasteiger charge is 2.08. The van der Waals surface area contributed by atoms with Crippen molar-refractivity contribution in [1.82, 2.24) is 15.0 Å². The molecule has 1 aromatic rings. The predicted molar refractivity (Wildman–Crippen MR) is 58.1 cm³/mol. The molecule has 6 nitrogen and oxygen atoms in total. The summed E-state index contributed by atoms with van der Waals surface area (Å²) in [6.07, 6.45) is 2.51. The first-order valence-corrected chi connectivity index (χ1v) is 6.85. The second kappa shape index (κ2) is 4.61. The summed E-state index contributed by atoms with van der Waals surface area (Å²) >= 11 is 0. The molecule has 1 aromatic heterocycles. The monoisotopic (exact) mass is 232 g/mol. The maximum absolute atomic E-state index is 10.9. The van der Waals surface area contributed by atoms with Crippen LogP contribution in [0, 0.1) is 0 Å². The molecule has 0 spiro atoms. The summed E-state index contributed by atoms with van der Waals surface area (Å²) in [6, 6.07) is 0. The van der Waals surface area contributed by atoms with E-state index >= 15 is 0 Å². The lowest BCUT2D eigenvalue weighted by Gasteiger charge is -2.03. The fourth-order valence-electron chi connectivity index (χ4n) is 1.37. The zero-order valence-electron chi connectivity index (χ0n) is 8.97. The average Bonchev–Trinajstić information content (AvgIpc) is 2.44. The van der Waals surface area contributed by atoms with Gasteiger partial charge in [0, 0.05) is 12.8 Å². The van der Waals surface area contributed by atoms with Crippen LogP contribution in [0.5, 0.6) is 0 Å². The van der Waals surface area contributed by atoms with E-state index in [1.54, 1.807) is 4.68 Å². The molecule has 0 fully saturated rings. The van der Waals surface area contributed by atoms with Gasteiger partial charge in [-0.25, -0.2) is 13.1 Å². The molecule has 0 radical (unpaired) electrons. The van der Waals surface area contributed by atoms with Crippen molar-refractivity contribution in [3.8, 4) is 0 Å². The van der Waals surface area contributed by atoms with Crippen molar-refractivity contribution in [2.45, 2.75) is 26.3 Å². The lowest BCUT2D eigenvalue weighted by molar-refractivity contribution is 0.549. The molecule has 0 saturated heterocycles. The Balaban J connectivity index is 2.58. The molecule has 1 rings (SSSR count). The van der Waals surface area contributed by atoms with Crippen LogP contribution in [-0.4, -0.2) is 35.4 Å². The minimum Gasteiger partial charge on any atom is -0.381 e. The molecule has 0 aromatic carbocycles. The van der Waals surface area contributed by atoms with Gasteiger partial charge in [0.25, 0.3) is 0 Å². The van der Waals surface area contributed by atoms with Crippen molar-refractivity contribution in [2.75, 3.05) is 17.7 Å². The Labute approximate surface area is 89.4 Å². The molecule has 0 aliphatic rings. The first kappa shape index (κ1) is 12.0. The highest BCUT2D eigenvalue weighted by molar-refractivity contribution is 7.90. The molecular weight excluding hydrogens is 216 g/mol. The van der Waals surface area contributed by atoms with Crippen LogP contribution in [-0.2, 0) is 22.8 Å². The van der Waals surface area contributed by atoms with Gasteiger partial charge in [0.1, 0.15) is 9.84 Å². The molecule has 0 bridgehead atoms. The summed E-state index contributed by atoms with van der Waals surface area (Å²) in [6.45, 7) is 2.50. The van der Waals surface area contributed by atoms with Crippen molar-refractivity contribution in [3.05, 3.63) is 5.69 Å². The summed E-state index contributed by atoms with van der Waals surface area (Å²) in [7, 11) is -2.90. The van der Waals surface area contributed by atoms with E-state index in [1.165, 1.54) is 6.26 Å². The van der Waals surface area contributed by atoms with Crippen LogP contribution < -0.4 is 5.73 Å². The van der Waals surface area contributed by atoms with Crippen molar-refractivity contribution < 1.29 is 8.42 Å². The van der Waals surface area contributed by atoms with Crippen molar-refractivity contribution >= 4 is 15.7 Å². The number of aromatic nitrogens is 3. The summed E-state index contributed by atoms with van der Waals surface area (Å²) in [4.78, 5) is 0. The average molecular weight is 232 g/mol. The third kappa shape index (κ3) is 3.50. The van der Waals surface area contributed by atoms with E-state index < -0.39 is 9.84 Å². The zero-order chi connectivity index (χ0) is 11.5. The smallest absolute Gasteiger partial charge is 0.169 e. The Morgan fingerprint density at radius 2 is 2.13 bits per heavy atom. The molecular formula is C8H16N4O2S. The van der Waals surface area contributed by atoms with E-state index in [4.69, 9.17) is 5.73 Å². The largest absolute Gasteiger partial charge is 0.381 e. The number of nitrogens with two attached hydrogens (primary N) is 1. The lowest BCUT2D eigenvalue weighted by atomic mass is 10.3. The summed E-state index contributed by atoms with van der Waals surface area (Å²) in [5.41, 5.74) is 6.46. The predicted octanol–water partition coefficient (Wildman–Crippen LogP) is -0.143. The minimum atomic E-state index is -2.90. The molecule has 0 aliphatic heterocycles. The van der Waals surface area contributed by atoms with Gasteiger partial charge in [0.05, 0.1) is 11.4 Å². The third-order valence-corrected chi connectivity index (χ3v) is 3.12. The van der Waals surface area contributed by atoms with Crippen LogP contribution in [0.1, 0.15) is 19.0 Å². The number of sulfone groups is 1. The SMILES string of the molecule is CCc1c(N)nnn1CCCS(C)(=O)=O. The quantitative estimate of drug-likeness (QED) is 0.762. The van der Waals surface area contributed by atoms with Crippen LogP contribution in [0.2, 0.25) is 0 Å². The number of hydrogen-bond donors (Lipinski definition) is 1. The second-order valence-corrected chi connectivity index (χ2v) is 5.74. The van der Waals surface area contributed by atoms with Crippen LogP contribution in [0.4, 0.5) is 5.82 Å². The Bertz CT molecular complexity index is 424. The van der Waals surface area contributed by atoms with E-state index in [1.807, 2.05) is 6.92 Å². The van der Waals surface area contributed by atoms with E-state index in [-0.39, 0.29) is 5.75 Å². The number of aryl methyl sites for hydroxylation is 1. The molecule has 0 amide bonds. The summed E-state index contributed by atoms with van der Waals surface area (Å²) in [5, 5.41) is 7.60. The normalized spacial score (nSPS) is 11.9. The fraction of sp³-hybridized carbons (Fsp3) is 0.750. The van der Waals surface area contributed by atoms with Gasteiger partial charge < -0.3 is 5.73 Å². The third-order valence-electron chi connectivity index (χ3n) is 2.09. The van der Waals surface area contributed by atoms with Gasteiger partial charge in [-0.1, -0.05) is 12.1 Å². The molecule has 2 N–H and O–H groups in total. The van der Waals surface area contributed by atoms with E-state index in [0.717, 1.165) is 12.1 Å². The van der Waals surface area contributed by atoms with Gasteiger partial charge in [0.2, 0.25) is 0 Å². The van der Waals surface area contributed by atoms with E-state index in [9.17, 15) is 8.42 Å². The highest BCUT2D eigenvalue weighted by Crippen LogP contribution is 2.08. The summed E-state index contributed by atoms with van der Waals surface area (Å²) < 4.78 is 23.5. The number of anilines is 1. The molecule has 7 heteroatoms. The molecule has 0 unspecified atom stereocenters. The molecule has 0 aliphatic carbocycles. The fourth-order valence-corrected chi connectivity index (χ4v) is 2.02. The Hall–Kier alpha value is -1.11. The first-order chi connectivity index (χ1) is 6.94. The molecule has 86 valence electrons. The van der Waals surface area contributed by atoms with Crippen molar-refractivity contribution in [1.29, 1.82) is 0 Å². The second-order valence-electron chi connectivity index (χ2n) is 3.48. The first-order valence-electron chi connectivity index (χ1n) is 4.79. The topological polar surface area (TPSA) is 90.9 Å². The zero-order valence-corrected chi connectivity index (χ0v) is 9.79. The number of hydrogen-bond acceptors (Lipinski definition) is 5. The molecule has 15 heavy (non-hydrogen) atoms. The molecule has 0 saturated carbocycles. The number of rotatable bonds is 5. The van der Waals surface area contributed by atoms with Crippen molar-refractivity contribution in [2.24, 2.45) is 0 Å². The maximum Gasteiger partial charge on any atom is 0.169 e. The Kier molecular flexibility index (Phi) is 3.67. The Morgan fingerprint density at radius 3 is 2.67 bits per heavy atom. The van der Waals surface area contributed by atoms with E-state index in [0.29, 0.717) is 18.8 Å². The van der Waals surface area contributed by atoms with E-state index in [2.05, 4.69) is 10.3 Å². The van der Waals surface area contributed by atoms with Gasteiger partial charge in [-0.15, -0.1) is 5.10 Å². The van der Waals surface area contributed by atoms with Crippen LogP contribution in [0.25, 0.3) is 0 Å². The van der Waals surface area contributed by atoms with Crippen LogP contribution in [0.3, 0.4) is 0 Å². The molecule has 0 atom stereocenters. The lowest BCUT2D eigenvalue weighted by Crippen LogP contribution is -2.10. The molecule has 1 heterocycles. The standard InChI is InChI=1S/C8H16N4O2S/c1-3-7-8(9)10-11-12(7)5-4-6-15(2,13)14/h3-6,9H2,1-2H3. The van der Waals surface area contributed by atoms with Crippen molar-refractivity contribution in [3.63, 3.8) is 0 Å². The van der Waals surface area contributed by atoms with Gasteiger partial charge in [-0.3, -0.25) is 0 Å². The van der Waals surface area contributed by atoms with Crippen LogP contribution >= 0.6 is 0 Å². The summed E-state index contributed by atoms with van der Waals surface area (Å²) in [5.74, 6) is 0.590. The van der Waals surface area contributed by atoms with Gasteiger partial charge in [-0.2, -0.15) is 0 Å². The van der Waals surface area contributed by atoms with Crippen LogP contribution in [0.15, 0.2) is 0 Å². The van der Waals surface area contributed by atoms with Gasteiger partial charge in [-0.05, 0) is 12.8 Å². The number of nitrogens with zero attached hydrogens (tertiary/aromatic N) is 3. The highest BCUT2D eigenvalue weighted by atomic mass is 32.2. The van der Waals surface area contributed by atoms with Gasteiger partial charge in [0.15, 0.2) is 5.82 Å².